The third-order valence-electron chi connectivity index (χ3n) is 7.00. The number of aryl methyl sites for hydroxylation is 1. The number of benzene rings is 1. The van der Waals surface area contributed by atoms with Gasteiger partial charge in [-0.25, -0.2) is 0 Å². The summed E-state index contributed by atoms with van der Waals surface area (Å²) in [5.41, 5.74) is 14.3. The molecule has 3 fully saturated rings. The minimum atomic E-state index is 0.678. The molecule has 5 rings (SSSR count). The van der Waals surface area contributed by atoms with E-state index in [1.807, 2.05) is 0 Å². The molecule has 4 aliphatic rings. The fourth-order valence-corrected chi connectivity index (χ4v) is 5.78. The van der Waals surface area contributed by atoms with Crippen molar-refractivity contribution >= 4 is 5.69 Å². The van der Waals surface area contributed by atoms with Crippen LogP contribution < -0.4 is 10.6 Å². The zero-order chi connectivity index (χ0) is 19.3. The lowest BCUT2D eigenvalue weighted by molar-refractivity contribution is 0.0519. The molecule has 1 saturated heterocycles. The van der Waals surface area contributed by atoms with Gasteiger partial charge in [-0.3, -0.25) is 4.90 Å². The molecule has 0 radical (unpaired) electrons. The largest absolute Gasteiger partial charge is 0.378 e. The number of allylic oxidation sites excluding steroid dienone is 3. The summed E-state index contributed by atoms with van der Waals surface area (Å²) in [5, 5.41) is 0. The number of hydrogen-bond donors (Lipinski definition) is 1. The molecular weight excluding hydrogens is 346 g/mol. The van der Waals surface area contributed by atoms with Crippen LogP contribution in [0.15, 0.2) is 59.1 Å². The minimum absolute atomic E-state index is 0.678. The van der Waals surface area contributed by atoms with E-state index in [4.69, 9.17) is 10.5 Å². The highest BCUT2D eigenvalue weighted by molar-refractivity contribution is 5.72. The molecule has 1 aromatic carbocycles. The molecule has 2 aliphatic carbocycles. The predicted octanol–water partition coefficient (Wildman–Crippen LogP) is 3.95. The van der Waals surface area contributed by atoms with Gasteiger partial charge in [0.05, 0.1) is 18.9 Å². The SMILES string of the molecule is C=C1C(CCN)=C2C(=C(N3CCOCC3)N1c1ccccc1C)C1CCC2C1. The zero-order valence-electron chi connectivity index (χ0n) is 16.9. The molecule has 0 amide bonds. The maximum absolute atomic E-state index is 6.06. The Balaban J connectivity index is 1.73. The summed E-state index contributed by atoms with van der Waals surface area (Å²) >= 11 is 0. The predicted molar refractivity (Wildman–Crippen MR) is 114 cm³/mol. The molecule has 1 aromatic rings. The third kappa shape index (κ3) is 2.66. The molecule has 4 nitrogen and oxygen atoms in total. The minimum Gasteiger partial charge on any atom is -0.378 e. The van der Waals surface area contributed by atoms with Gasteiger partial charge in [0.25, 0.3) is 0 Å². The number of rotatable bonds is 4. The van der Waals surface area contributed by atoms with Gasteiger partial charge in [0.2, 0.25) is 0 Å². The first-order valence-corrected chi connectivity index (χ1v) is 10.8. The molecule has 2 saturated carbocycles. The lowest BCUT2D eigenvalue weighted by Crippen LogP contribution is -2.45. The van der Waals surface area contributed by atoms with E-state index in [0.29, 0.717) is 18.4 Å². The summed E-state index contributed by atoms with van der Waals surface area (Å²) in [6.45, 7) is 11.0. The summed E-state index contributed by atoms with van der Waals surface area (Å²) in [6.07, 6.45) is 4.87. The Kier molecular flexibility index (Phi) is 4.56. The summed E-state index contributed by atoms with van der Waals surface area (Å²) in [4.78, 5) is 5.00. The molecule has 2 bridgehead atoms. The van der Waals surface area contributed by atoms with E-state index in [-0.39, 0.29) is 0 Å². The van der Waals surface area contributed by atoms with Crippen LogP contribution in [0.3, 0.4) is 0 Å². The molecule has 2 atom stereocenters. The highest BCUT2D eigenvalue weighted by Crippen LogP contribution is 2.58. The standard InChI is InChI=1S/C24H31N3O/c1-16-5-3-4-6-21(16)27-17(2)20(9-10-25)22-18-7-8-19(15-18)23(22)24(27)26-11-13-28-14-12-26/h3-6,18-19H,2,7-15,25H2,1H3. The van der Waals surface area contributed by atoms with E-state index in [9.17, 15) is 0 Å². The van der Waals surface area contributed by atoms with Gasteiger partial charge >= 0.3 is 0 Å². The van der Waals surface area contributed by atoms with Crippen molar-refractivity contribution in [2.45, 2.75) is 32.6 Å². The summed E-state index contributed by atoms with van der Waals surface area (Å²) in [7, 11) is 0. The van der Waals surface area contributed by atoms with Crippen molar-refractivity contribution < 1.29 is 4.74 Å². The number of nitrogens with zero attached hydrogens (tertiary/aromatic N) is 2. The molecule has 2 aliphatic heterocycles. The van der Waals surface area contributed by atoms with E-state index in [1.54, 1.807) is 11.1 Å². The molecular formula is C24H31N3O. The van der Waals surface area contributed by atoms with Crippen molar-refractivity contribution in [3.05, 3.63) is 64.6 Å². The highest BCUT2D eigenvalue weighted by atomic mass is 16.5. The summed E-state index contributed by atoms with van der Waals surface area (Å²) in [6, 6.07) is 8.69. The molecule has 2 heterocycles. The number of morpholine rings is 1. The van der Waals surface area contributed by atoms with Crippen molar-refractivity contribution in [3.8, 4) is 0 Å². The van der Waals surface area contributed by atoms with Crippen molar-refractivity contribution in [2.75, 3.05) is 37.7 Å². The molecule has 0 aromatic heterocycles. The van der Waals surface area contributed by atoms with Crippen LogP contribution in [-0.2, 0) is 4.74 Å². The van der Waals surface area contributed by atoms with Crippen LogP contribution in [0.1, 0.15) is 31.2 Å². The lowest BCUT2D eigenvalue weighted by Gasteiger charge is -2.45. The van der Waals surface area contributed by atoms with Crippen LogP contribution in [0.5, 0.6) is 0 Å². The number of hydrogen-bond acceptors (Lipinski definition) is 4. The van der Waals surface area contributed by atoms with Crippen molar-refractivity contribution in [1.82, 2.24) is 4.90 Å². The normalized spacial score (nSPS) is 27.1. The molecule has 148 valence electrons. The number of para-hydroxylation sites is 1. The number of anilines is 1. The fraction of sp³-hybridized carbons (Fsp3) is 0.500. The van der Waals surface area contributed by atoms with Gasteiger partial charge in [-0.05, 0) is 73.8 Å². The van der Waals surface area contributed by atoms with E-state index in [2.05, 4.69) is 47.6 Å². The second-order valence-electron chi connectivity index (χ2n) is 8.54. The Morgan fingerprint density at radius 3 is 2.54 bits per heavy atom. The van der Waals surface area contributed by atoms with E-state index < -0.39 is 0 Å². The van der Waals surface area contributed by atoms with Crippen LogP contribution in [-0.4, -0.2) is 37.7 Å². The van der Waals surface area contributed by atoms with Crippen molar-refractivity contribution in [2.24, 2.45) is 17.6 Å². The Bertz CT molecular complexity index is 862. The first kappa shape index (κ1) is 18.0. The molecule has 0 spiro atoms. The molecule has 2 N–H and O–H groups in total. The van der Waals surface area contributed by atoms with E-state index >= 15 is 0 Å². The first-order chi connectivity index (χ1) is 13.7. The average Bonchev–Trinajstić information content (AvgIpc) is 3.33. The molecule has 2 unspecified atom stereocenters. The highest BCUT2D eigenvalue weighted by Gasteiger charge is 2.47. The van der Waals surface area contributed by atoms with Crippen LogP contribution >= 0.6 is 0 Å². The maximum atomic E-state index is 6.06. The van der Waals surface area contributed by atoms with Crippen molar-refractivity contribution in [1.29, 1.82) is 0 Å². The Labute approximate surface area is 168 Å². The third-order valence-corrected chi connectivity index (χ3v) is 7.00. The Hall–Kier alpha value is -2.04. The quantitative estimate of drug-likeness (QED) is 0.863. The topological polar surface area (TPSA) is 41.7 Å². The van der Waals surface area contributed by atoms with Gasteiger partial charge in [-0.2, -0.15) is 0 Å². The van der Waals surface area contributed by atoms with Gasteiger partial charge in [-0.1, -0.05) is 24.8 Å². The van der Waals surface area contributed by atoms with E-state index in [0.717, 1.165) is 38.4 Å². The maximum Gasteiger partial charge on any atom is 0.117 e. The van der Waals surface area contributed by atoms with Gasteiger partial charge in [0.1, 0.15) is 5.82 Å². The number of nitrogens with two attached hydrogens (primary N) is 1. The number of ether oxygens (including phenoxy) is 1. The smallest absolute Gasteiger partial charge is 0.117 e. The zero-order valence-corrected chi connectivity index (χ0v) is 16.9. The van der Waals surface area contributed by atoms with Gasteiger partial charge in [0.15, 0.2) is 0 Å². The van der Waals surface area contributed by atoms with E-state index in [1.165, 1.54) is 41.9 Å². The second kappa shape index (κ2) is 7.09. The lowest BCUT2D eigenvalue weighted by atomic mass is 9.81. The Morgan fingerprint density at radius 1 is 1.11 bits per heavy atom. The fourth-order valence-electron chi connectivity index (χ4n) is 5.78. The average molecular weight is 378 g/mol. The van der Waals surface area contributed by atoms with Crippen LogP contribution in [0.2, 0.25) is 0 Å². The second-order valence-corrected chi connectivity index (χ2v) is 8.54. The number of fused-ring (bicyclic) bond motifs is 5. The Morgan fingerprint density at radius 2 is 1.82 bits per heavy atom. The molecule has 4 heteroatoms. The first-order valence-electron chi connectivity index (χ1n) is 10.8. The van der Waals surface area contributed by atoms with Crippen molar-refractivity contribution in [3.63, 3.8) is 0 Å². The van der Waals surface area contributed by atoms with Crippen LogP contribution in [0.25, 0.3) is 0 Å². The summed E-state index contributed by atoms with van der Waals surface area (Å²) < 4.78 is 5.68. The summed E-state index contributed by atoms with van der Waals surface area (Å²) in [5.74, 6) is 2.77. The van der Waals surface area contributed by atoms with Gasteiger partial charge < -0.3 is 15.4 Å². The van der Waals surface area contributed by atoms with Gasteiger partial charge in [0, 0.05) is 24.4 Å². The van der Waals surface area contributed by atoms with Gasteiger partial charge in [-0.15, -0.1) is 0 Å². The van der Waals surface area contributed by atoms with Crippen LogP contribution in [0.4, 0.5) is 5.69 Å². The monoisotopic (exact) mass is 377 g/mol. The molecule has 28 heavy (non-hydrogen) atoms. The van der Waals surface area contributed by atoms with Crippen LogP contribution in [0, 0.1) is 18.8 Å².